The molecule has 3 amide bonds. The topological polar surface area (TPSA) is 108 Å². The number of nitrogens with zero attached hydrogens (tertiary/aromatic N) is 2. The van der Waals surface area contributed by atoms with Crippen molar-refractivity contribution in [1.29, 1.82) is 0 Å². The first kappa shape index (κ1) is 41.0. The van der Waals surface area contributed by atoms with E-state index in [1.54, 1.807) is 23.9 Å². The van der Waals surface area contributed by atoms with Crippen LogP contribution in [0.15, 0.2) is 66.7 Å². The molecule has 3 unspecified atom stereocenters. The Hall–Kier alpha value is -4.16. The van der Waals surface area contributed by atoms with Crippen LogP contribution in [0.25, 0.3) is 0 Å². The van der Waals surface area contributed by atoms with E-state index in [1.807, 2.05) is 80.8 Å². The van der Waals surface area contributed by atoms with Crippen LogP contribution in [0.2, 0.25) is 5.02 Å². The average Bonchev–Trinajstić information content (AvgIpc) is 3.67. The third-order valence-electron chi connectivity index (χ3n) is 7.85. The summed E-state index contributed by atoms with van der Waals surface area (Å²) in [5.74, 6) is 0.733. The van der Waals surface area contributed by atoms with Crippen molar-refractivity contribution >= 4 is 54.6 Å². The number of carbonyl (C=O) groups excluding carboxylic acids is 4. The molecule has 2 aliphatic heterocycles. The molecule has 2 aliphatic rings. The summed E-state index contributed by atoms with van der Waals surface area (Å²) in [6, 6.07) is 18.9. The summed E-state index contributed by atoms with van der Waals surface area (Å²) >= 11 is 7.47. The van der Waals surface area contributed by atoms with Gasteiger partial charge in [-0.25, -0.2) is 13.6 Å². The van der Waals surface area contributed by atoms with Gasteiger partial charge in [-0.15, -0.1) is 0 Å². The summed E-state index contributed by atoms with van der Waals surface area (Å²) in [5.41, 5.74) is 2.29. The molecule has 0 bridgehead atoms. The number of anilines is 1. The molecular weight excluding hydrogens is 674 g/mol. The van der Waals surface area contributed by atoms with Crippen LogP contribution < -0.4 is 20.3 Å². The molecule has 0 spiro atoms. The van der Waals surface area contributed by atoms with Gasteiger partial charge < -0.3 is 34.8 Å². The first-order chi connectivity index (χ1) is 23.6. The number of aryl methyl sites for hydroxylation is 1. The molecule has 3 aromatic carbocycles. The van der Waals surface area contributed by atoms with Crippen LogP contribution in [0.1, 0.15) is 36.8 Å². The number of fused-ring (bicyclic) bond motifs is 1. The van der Waals surface area contributed by atoms with Crippen LogP contribution in [0.5, 0.6) is 5.75 Å². The lowest BCUT2D eigenvalue weighted by atomic mass is 10.0. The lowest BCUT2D eigenvalue weighted by Gasteiger charge is -2.22. The van der Waals surface area contributed by atoms with Crippen LogP contribution in [0, 0.1) is 18.6 Å². The number of thioether (sulfide) groups is 1. The Labute approximate surface area is 296 Å². The van der Waals surface area contributed by atoms with Gasteiger partial charge in [0.25, 0.3) is 0 Å². The van der Waals surface area contributed by atoms with Crippen molar-refractivity contribution in [3.8, 4) is 5.75 Å². The van der Waals surface area contributed by atoms with E-state index in [-0.39, 0.29) is 29.7 Å². The summed E-state index contributed by atoms with van der Waals surface area (Å²) in [7, 11) is 3.51. The lowest BCUT2D eigenvalue weighted by Crippen LogP contribution is -2.37. The number of hydrogen-bond donors (Lipinski definition) is 2. The fraction of sp³-hybridized carbons (Fsp3) is 0.389. The number of para-hydroxylation sites is 1. The zero-order valence-corrected chi connectivity index (χ0v) is 29.7. The minimum absolute atomic E-state index is 0.0894. The van der Waals surface area contributed by atoms with Gasteiger partial charge in [-0.05, 0) is 56.5 Å². The van der Waals surface area contributed by atoms with Gasteiger partial charge in [0.05, 0.1) is 24.4 Å². The Morgan fingerprint density at radius 2 is 1.69 bits per heavy atom. The molecule has 2 fully saturated rings. The molecule has 2 saturated heterocycles. The highest BCUT2D eigenvalue weighted by molar-refractivity contribution is 8.00. The van der Waals surface area contributed by atoms with Gasteiger partial charge in [0, 0.05) is 61.3 Å². The Kier molecular flexibility index (Phi) is 18.2. The summed E-state index contributed by atoms with van der Waals surface area (Å²) < 4.78 is 33.7. The van der Waals surface area contributed by atoms with E-state index in [0.717, 1.165) is 41.3 Å². The van der Waals surface area contributed by atoms with Crippen molar-refractivity contribution in [3.63, 3.8) is 0 Å². The van der Waals surface area contributed by atoms with Crippen molar-refractivity contribution in [2.24, 2.45) is 0 Å². The largest absolute Gasteiger partial charge is 0.493 e. The predicted molar refractivity (Wildman–Crippen MR) is 192 cm³/mol. The first-order valence-electron chi connectivity index (χ1n) is 15.7. The summed E-state index contributed by atoms with van der Waals surface area (Å²) in [6.45, 7) is 7.41. The molecule has 49 heavy (non-hydrogen) atoms. The Morgan fingerprint density at radius 1 is 1.00 bits per heavy atom. The first-order valence-corrected chi connectivity index (χ1v) is 17.1. The van der Waals surface area contributed by atoms with Gasteiger partial charge in [-0.2, -0.15) is 11.8 Å². The number of benzene rings is 3. The summed E-state index contributed by atoms with van der Waals surface area (Å²) in [6.07, 6.45) is 2.86. The Balaban J connectivity index is 0.000000595. The summed E-state index contributed by atoms with van der Waals surface area (Å²) in [4.78, 5) is 43.4. The molecule has 0 radical (unpaired) electrons. The fourth-order valence-electron chi connectivity index (χ4n) is 5.32. The second-order valence-electron chi connectivity index (χ2n) is 11.4. The van der Waals surface area contributed by atoms with Gasteiger partial charge >= 0.3 is 6.03 Å². The zero-order valence-electron chi connectivity index (χ0n) is 28.1. The van der Waals surface area contributed by atoms with Gasteiger partial charge in [0.15, 0.2) is 0 Å². The van der Waals surface area contributed by atoms with E-state index < -0.39 is 11.6 Å². The standard InChI is InChI=1S/C27H34F2N4O3S.C7H7Cl.2CH2O/c1-32(25(34)10-5-9-24-26-21(17-37-24)30-27(35)31-26)13-6-14-36-23-8-4-3-7-18(23)16-33(2)22-15-19(28)11-12-20(22)29;1-6-2-4-7(8)5-3-6;2*1-2/h3-4,7-8,11-12,15,21,24,26H,5-6,9-10,13-14,16-17H2,1-2H3,(H2,30,31,35);2-5H,1H3;2*1H2. The minimum atomic E-state index is -0.489. The maximum absolute atomic E-state index is 14.1. The van der Waals surface area contributed by atoms with Crippen molar-refractivity contribution in [2.45, 2.75) is 56.5 Å². The molecule has 9 nitrogen and oxygen atoms in total. The zero-order chi connectivity index (χ0) is 36.3. The number of ether oxygens (including phenoxy) is 1. The van der Waals surface area contributed by atoms with E-state index in [1.165, 1.54) is 11.6 Å². The van der Waals surface area contributed by atoms with Gasteiger partial charge in [0.2, 0.25) is 5.91 Å². The van der Waals surface area contributed by atoms with E-state index in [9.17, 15) is 18.4 Å². The predicted octanol–water partition coefficient (Wildman–Crippen LogP) is 6.44. The third kappa shape index (κ3) is 13.3. The SMILES string of the molecule is C=O.C=O.CN(CCCOc1ccccc1CN(C)c1cc(F)ccc1F)C(=O)CCCC1SCC2NC(=O)NC21.Cc1ccc(Cl)cc1. The quantitative estimate of drug-likeness (QED) is 0.164. The molecule has 0 aromatic heterocycles. The maximum Gasteiger partial charge on any atom is 0.315 e. The monoisotopic (exact) mass is 718 g/mol. The van der Waals surface area contributed by atoms with Crippen LogP contribution in [0.3, 0.4) is 0 Å². The highest BCUT2D eigenvalue weighted by Crippen LogP contribution is 2.33. The molecular formula is C36H45ClF2N4O5S. The van der Waals surface area contributed by atoms with Crippen molar-refractivity contribution in [2.75, 3.05) is 37.9 Å². The Morgan fingerprint density at radius 3 is 2.39 bits per heavy atom. The third-order valence-corrected chi connectivity index (χ3v) is 9.61. The van der Waals surface area contributed by atoms with Crippen LogP contribution in [-0.4, -0.2) is 80.7 Å². The number of nitrogens with one attached hydrogen (secondary N) is 2. The fourth-order valence-corrected chi connectivity index (χ4v) is 6.99. The van der Waals surface area contributed by atoms with E-state index in [2.05, 4.69) is 10.6 Å². The molecule has 0 aliphatic carbocycles. The molecule has 2 N–H and O–H groups in total. The lowest BCUT2D eigenvalue weighted by molar-refractivity contribution is -0.130. The normalized spacial score (nSPS) is 16.9. The number of hydrogen-bond acceptors (Lipinski definition) is 7. The maximum atomic E-state index is 14.1. The Bertz CT molecular complexity index is 1450. The number of halogens is 3. The molecule has 0 saturated carbocycles. The second kappa shape index (κ2) is 21.7. The number of carbonyl (C=O) groups is 4. The van der Waals surface area contributed by atoms with E-state index in [0.29, 0.717) is 43.5 Å². The molecule has 3 aromatic rings. The van der Waals surface area contributed by atoms with Gasteiger partial charge in [0.1, 0.15) is 31.0 Å². The highest BCUT2D eigenvalue weighted by atomic mass is 35.5. The van der Waals surface area contributed by atoms with Gasteiger partial charge in [-0.3, -0.25) is 4.79 Å². The average molecular weight is 719 g/mol. The van der Waals surface area contributed by atoms with E-state index in [4.69, 9.17) is 25.9 Å². The smallest absolute Gasteiger partial charge is 0.315 e. The number of amides is 3. The summed E-state index contributed by atoms with van der Waals surface area (Å²) in [5, 5.41) is 7.08. The molecule has 5 rings (SSSR count). The second-order valence-corrected chi connectivity index (χ2v) is 13.1. The highest BCUT2D eigenvalue weighted by Gasteiger charge is 2.42. The molecule has 266 valence electrons. The van der Waals surface area contributed by atoms with Crippen molar-refractivity contribution in [1.82, 2.24) is 15.5 Å². The van der Waals surface area contributed by atoms with Crippen LogP contribution >= 0.6 is 23.4 Å². The van der Waals surface area contributed by atoms with Crippen LogP contribution in [-0.2, 0) is 20.9 Å². The molecule has 2 heterocycles. The van der Waals surface area contributed by atoms with Crippen LogP contribution in [0.4, 0.5) is 19.3 Å². The van der Waals surface area contributed by atoms with Crippen molar-refractivity contribution in [3.05, 3.63) is 94.5 Å². The van der Waals surface area contributed by atoms with E-state index >= 15 is 0 Å². The minimum Gasteiger partial charge on any atom is -0.493 e. The number of urea groups is 1. The van der Waals surface area contributed by atoms with Gasteiger partial charge in [-0.1, -0.05) is 47.5 Å². The van der Waals surface area contributed by atoms with Crippen molar-refractivity contribution < 1.29 is 32.7 Å². The molecule has 13 heteroatoms. The number of rotatable bonds is 12. The molecule has 3 atom stereocenters.